The van der Waals surface area contributed by atoms with Crippen LogP contribution in [0.2, 0.25) is 5.02 Å². The Balaban J connectivity index is 2.32. The lowest BCUT2D eigenvalue weighted by molar-refractivity contribution is -0.354. The summed E-state index contributed by atoms with van der Waals surface area (Å²) in [6.07, 6.45) is 1.52. The molecule has 2 aromatic rings. The summed E-state index contributed by atoms with van der Waals surface area (Å²) in [4.78, 5) is 0. The third-order valence-corrected chi connectivity index (χ3v) is 2.36. The fraction of sp³-hybridized carbons (Fsp3) is 0. The van der Waals surface area contributed by atoms with Crippen LogP contribution in [0.1, 0.15) is 5.56 Å². The molecule has 0 N–H and O–H groups in total. The number of benzene rings is 2. The van der Waals surface area contributed by atoms with E-state index in [-0.39, 0.29) is 0 Å². The largest absolute Gasteiger partial charge is 0.618 e. The van der Waals surface area contributed by atoms with Crippen molar-refractivity contribution in [2.75, 3.05) is 0 Å². The molecule has 0 spiro atoms. The maximum atomic E-state index is 11.8. The van der Waals surface area contributed by atoms with E-state index < -0.39 is 0 Å². The van der Waals surface area contributed by atoms with Gasteiger partial charge >= 0.3 is 0 Å². The van der Waals surface area contributed by atoms with Gasteiger partial charge in [0.1, 0.15) is 0 Å². The maximum Gasteiger partial charge on any atom is 0.217 e. The average Bonchev–Trinajstić information content (AvgIpc) is 2.30. The molecular formula is C13H10ClNO. The first-order valence-electron chi connectivity index (χ1n) is 4.87. The number of hydrogen-bond donors (Lipinski definition) is 0. The van der Waals surface area contributed by atoms with E-state index in [1.807, 2.05) is 30.3 Å². The Kier molecular flexibility index (Phi) is 3.22. The molecule has 0 heterocycles. The van der Waals surface area contributed by atoms with Crippen molar-refractivity contribution in [3.8, 4) is 0 Å². The molecule has 0 aliphatic rings. The van der Waals surface area contributed by atoms with Gasteiger partial charge in [0, 0.05) is 22.7 Å². The molecule has 80 valence electrons. The van der Waals surface area contributed by atoms with Crippen molar-refractivity contribution in [3.63, 3.8) is 0 Å². The fourth-order valence-electron chi connectivity index (χ4n) is 1.36. The van der Waals surface area contributed by atoms with Crippen LogP contribution >= 0.6 is 11.6 Å². The first kappa shape index (κ1) is 10.7. The molecule has 0 radical (unpaired) electrons. The van der Waals surface area contributed by atoms with E-state index in [1.165, 1.54) is 6.21 Å². The highest BCUT2D eigenvalue weighted by atomic mass is 35.5. The lowest BCUT2D eigenvalue weighted by Crippen LogP contribution is -1.98. The minimum atomic E-state index is 0.524. The second-order valence-corrected chi connectivity index (χ2v) is 3.78. The predicted molar refractivity (Wildman–Crippen MR) is 66.3 cm³/mol. The van der Waals surface area contributed by atoms with Crippen molar-refractivity contribution < 1.29 is 4.74 Å². The van der Waals surface area contributed by atoms with Crippen LogP contribution in [-0.2, 0) is 0 Å². The summed E-state index contributed by atoms with van der Waals surface area (Å²) in [6, 6.07) is 16.3. The Hall–Kier alpha value is -1.80. The van der Waals surface area contributed by atoms with Gasteiger partial charge in [-0.05, 0) is 18.2 Å². The first-order chi connectivity index (χ1) is 7.75. The van der Waals surface area contributed by atoms with Gasteiger partial charge in [-0.25, -0.2) is 0 Å². The van der Waals surface area contributed by atoms with Crippen LogP contribution in [0, 0.1) is 5.21 Å². The number of nitrogens with zero attached hydrogens (tertiary/aromatic N) is 1. The van der Waals surface area contributed by atoms with Crippen LogP contribution in [0.15, 0.2) is 54.6 Å². The lowest BCUT2D eigenvalue weighted by Gasteiger charge is -2.02. The van der Waals surface area contributed by atoms with Crippen molar-refractivity contribution in [3.05, 3.63) is 70.4 Å². The molecule has 2 rings (SSSR count). The third kappa shape index (κ3) is 2.61. The molecule has 2 aromatic carbocycles. The summed E-state index contributed by atoms with van der Waals surface area (Å²) >= 11 is 5.81. The predicted octanol–water partition coefficient (Wildman–Crippen LogP) is 3.60. The maximum absolute atomic E-state index is 11.8. The highest BCUT2D eigenvalue weighted by molar-refractivity contribution is 6.30. The van der Waals surface area contributed by atoms with Crippen LogP contribution in [0.4, 0.5) is 5.69 Å². The summed E-state index contributed by atoms with van der Waals surface area (Å²) in [6.45, 7) is 0. The van der Waals surface area contributed by atoms with E-state index in [0.717, 1.165) is 10.3 Å². The molecule has 0 atom stereocenters. The van der Waals surface area contributed by atoms with Crippen LogP contribution in [0.3, 0.4) is 0 Å². The van der Waals surface area contributed by atoms with Gasteiger partial charge in [-0.2, -0.15) is 4.74 Å². The zero-order chi connectivity index (χ0) is 11.4. The summed E-state index contributed by atoms with van der Waals surface area (Å²) in [5, 5.41) is 12.3. The molecule has 16 heavy (non-hydrogen) atoms. The van der Waals surface area contributed by atoms with Crippen LogP contribution in [-0.4, -0.2) is 11.0 Å². The molecule has 0 amide bonds. The van der Waals surface area contributed by atoms with Gasteiger partial charge in [0.15, 0.2) is 6.21 Å². The Bertz CT molecular complexity index is 508. The molecule has 0 saturated heterocycles. The minimum Gasteiger partial charge on any atom is -0.618 e. The van der Waals surface area contributed by atoms with Crippen molar-refractivity contribution in [1.82, 2.24) is 0 Å². The van der Waals surface area contributed by atoms with Gasteiger partial charge in [-0.1, -0.05) is 35.9 Å². The molecule has 3 heteroatoms. The molecule has 0 unspecified atom stereocenters. The zero-order valence-electron chi connectivity index (χ0n) is 8.51. The Morgan fingerprint density at radius 3 is 2.44 bits per heavy atom. The molecule has 0 bridgehead atoms. The minimum absolute atomic E-state index is 0.524. The monoisotopic (exact) mass is 231 g/mol. The van der Waals surface area contributed by atoms with Crippen LogP contribution in [0.5, 0.6) is 0 Å². The normalized spacial score (nSPS) is 11.4. The van der Waals surface area contributed by atoms with Crippen molar-refractivity contribution in [1.29, 1.82) is 0 Å². The highest BCUT2D eigenvalue weighted by Gasteiger charge is 2.01. The molecule has 0 fully saturated rings. The third-order valence-electron chi connectivity index (χ3n) is 2.13. The Labute approximate surface area is 99.0 Å². The van der Waals surface area contributed by atoms with E-state index in [0.29, 0.717) is 10.7 Å². The first-order valence-corrected chi connectivity index (χ1v) is 5.25. The summed E-state index contributed by atoms with van der Waals surface area (Å²) in [7, 11) is 0. The second kappa shape index (κ2) is 4.81. The van der Waals surface area contributed by atoms with Gasteiger partial charge < -0.3 is 5.21 Å². The van der Waals surface area contributed by atoms with Crippen molar-refractivity contribution in [2.45, 2.75) is 0 Å². The molecule has 0 aromatic heterocycles. The smallest absolute Gasteiger partial charge is 0.217 e. The van der Waals surface area contributed by atoms with Crippen LogP contribution in [0.25, 0.3) is 0 Å². The van der Waals surface area contributed by atoms with Gasteiger partial charge in [0.25, 0.3) is 0 Å². The SMILES string of the molecule is [O-][N+](=Cc1ccccc1)c1cccc(Cl)c1. The summed E-state index contributed by atoms with van der Waals surface area (Å²) in [5.41, 5.74) is 1.38. The standard InChI is InChI=1S/C13H10ClNO/c14-12-7-4-8-13(9-12)15(16)10-11-5-2-1-3-6-11/h1-10H. The average molecular weight is 232 g/mol. The molecule has 0 aliphatic carbocycles. The number of halogens is 1. The van der Waals surface area contributed by atoms with Gasteiger partial charge in [-0.3, -0.25) is 0 Å². The van der Waals surface area contributed by atoms with E-state index >= 15 is 0 Å². The fourth-order valence-corrected chi connectivity index (χ4v) is 1.55. The van der Waals surface area contributed by atoms with E-state index in [9.17, 15) is 5.21 Å². The summed E-state index contributed by atoms with van der Waals surface area (Å²) < 4.78 is 0.807. The zero-order valence-corrected chi connectivity index (χ0v) is 9.26. The van der Waals surface area contributed by atoms with Gasteiger partial charge in [-0.15, -0.1) is 0 Å². The van der Waals surface area contributed by atoms with E-state index in [1.54, 1.807) is 24.3 Å². The van der Waals surface area contributed by atoms with Gasteiger partial charge in [0.05, 0.1) is 0 Å². The topological polar surface area (TPSA) is 26.1 Å². The lowest BCUT2D eigenvalue weighted by atomic mass is 10.2. The van der Waals surface area contributed by atoms with Crippen LogP contribution < -0.4 is 0 Å². The highest BCUT2D eigenvalue weighted by Crippen LogP contribution is 2.17. The number of hydrogen-bond acceptors (Lipinski definition) is 1. The quantitative estimate of drug-likeness (QED) is 0.336. The molecule has 2 nitrogen and oxygen atoms in total. The Morgan fingerprint density at radius 2 is 1.75 bits per heavy atom. The Morgan fingerprint density at radius 1 is 1.00 bits per heavy atom. The molecule has 0 saturated carbocycles. The number of rotatable bonds is 2. The van der Waals surface area contributed by atoms with E-state index in [4.69, 9.17) is 11.6 Å². The van der Waals surface area contributed by atoms with Crippen molar-refractivity contribution >= 4 is 23.5 Å². The van der Waals surface area contributed by atoms with Gasteiger partial charge in [0.2, 0.25) is 5.69 Å². The molecule has 0 aliphatic heterocycles. The second-order valence-electron chi connectivity index (χ2n) is 3.35. The molecular weight excluding hydrogens is 222 g/mol. The summed E-state index contributed by atoms with van der Waals surface area (Å²) in [5.74, 6) is 0. The van der Waals surface area contributed by atoms with Crippen molar-refractivity contribution in [2.24, 2.45) is 0 Å². The van der Waals surface area contributed by atoms with E-state index in [2.05, 4.69) is 0 Å².